The summed E-state index contributed by atoms with van der Waals surface area (Å²) in [5.74, 6) is 1.16. The smallest absolute Gasteiger partial charge is 0.240 e. The quantitative estimate of drug-likeness (QED) is 0.725. The van der Waals surface area contributed by atoms with E-state index in [0.29, 0.717) is 41.6 Å². The highest BCUT2D eigenvalue weighted by molar-refractivity contribution is 5.40. The topological polar surface area (TPSA) is 104 Å². The van der Waals surface area contributed by atoms with Gasteiger partial charge >= 0.3 is 0 Å². The number of rotatable bonds is 5. The first-order chi connectivity index (χ1) is 9.11. The summed E-state index contributed by atoms with van der Waals surface area (Å²) in [5.41, 5.74) is 1.76. The predicted molar refractivity (Wildman–Crippen MR) is 66.1 cm³/mol. The van der Waals surface area contributed by atoms with Crippen LogP contribution in [0.5, 0.6) is 5.75 Å². The van der Waals surface area contributed by atoms with E-state index in [-0.39, 0.29) is 12.4 Å². The van der Waals surface area contributed by atoms with E-state index in [0.717, 1.165) is 0 Å². The van der Waals surface area contributed by atoms with Gasteiger partial charge in [-0.1, -0.05) is 5.16 Å². The van der Waals surface area contributed by atoms with E-state index in [1.54, 1.807) is 20.0 Å². The number of pyridine rings is 1. The van der Waals surface area contributed by atoms with Gasteiger partial charge in [0.15, 0.2) is 5.82 Å². The molecule has 0 saturated carbocycles. The largest absolute Gasteiger partial charge is 0.506 e. The average molecular weight is 264 g/mol. The Bertz CT molecular complexity index is 568. The second-order valence-electron chi connectivity index (χ2n) is 4.19. The summed E-state index contributed by atoms with van der Waals surface area (Å²) in [6.45, 7) is 4.06. The van der Waals surface area contributed by atoms with Crippen LogP contribution in [0.15, 0.2) is 10.7 Å². The summed E-state index contributed by atoms with van der Waals surface area (Å²) in [5, 5.41) is 25.9. The minimum Gasteiger partial charge on any atom is -0.506 e. The molecule has 0 saturated heterocycles. The molecule has 0 aromatic carbocycles. The Morgan fingerprint density at radius 1 is 1.32 bits per heavy atom. The molecule has 0 aliphatic heterocycles. The second-order valence-corrected chi connectivity index (χ2v) is 4.19. The molecular weight excluding hydrogens is 248 g/mol. The van der Waals surface area contributed by atoms with Crippen molar-refractivity contribution in [3.63, 3.8) is 0 Å². The molecule has 0 amide bonds. The highest BCUT2D eigenvalue weighted by Crippen LogP contribution is 2.23. The molecule has 0 radical (unpaired) electrons. The Morgan fingerprint density at radius 2 is 2.11 bits per heavy atom. The SMILES string of the molecule is Cc1noc(CNCc2c(CO)cnc(C)c2O)n1. The van der Waals surface area contributed by atoms with E-state index >= 15 is 0 Å². The molecule has 2 rings (SSSR count). The van der Waals surface area contributed by atoms with E-state index in [2.05, 4.69) is 20.4 Å². The zero-order valence-electron chi connectivity index (χ0n) is 10.8. The number of aryl methyl sites for hydroxylation is 2. The average Bonchev–Trinajstić information content (AvgIpc) is 2.80. The van der Waals surface area contributed by atoms with Gasteiger partial charge in [0.25, 0.3) is 0 Å². The zero-order chi connectivity index (χ0) is 13.8. The van der Waals surface area contributed by atoms with Gasteiger partial charge in [0.2, 0.25) is 5.89 Å². The molecule has 0 aliphatic carbocycles. The van der Waals surface area contributed by atoms with Gasteiger partial charge in [0.1, 0.15) is 5.75 Å². The number of aliphatic hydroxyl groups is 1. The van der Waals surface area contributed by atoms with Gasteiger partial charge in [-0.3, -0.25) is 4.98 Å². The highest BCUT2D eigenvalue weighted by Gasteiger charge is 2.11. The van der Waals surface area contributed by atoms with Crippen molar-refractivity contribution in [2.75, 3.05) is 0 Å². The van der Waals surface area contributed by atoms with E-state index in [1.807, 2.05) is 0 Å². The van der Waals surface area contributed by atoms with Crippen LogP contribution in [0.1, 0.15) is 28.5 Å². The number of aromatic nitrogens is 3. The van der Waals surface area contributed by atoms with Crippen LogP contribution in [-0.4, -0.2) is 25.3 Å². The fraction of sp³-hybridized carbons (Fsp3) is 0.417. The third kappa shape index (κ3) is 3.07. The number of hydrogen-bond acceptors (Lipinski definition) is 7. The molecule has 0 unspecified atom stereocenters. The molecule has 0 atom stereocenters. The third-order valence-corrected chi connectivity index (χ3v) is 2.75. The first-order valence-corrected chi connectivity index (χ1v) is 5.89. The number of nitrogens with one attached hydrogen (secondary N) is 1. The molecule has 7 nitrogen and oxygen atoms in total. The molecule has 2 heterocycles. The standard InChI is InChI=1S/C12H16N4O3/c1-7-12(18)10(9(6-17)3-14-7)4-13-5-11-15-8(2)16-19-11/h3,13,17-18H,4-6H2,1-2H3. The van der Waals surface area contributed by atoms with Gasteiger partial charge in [-0.25, -0.2) is 0 Å². The Labute approximate surface area is 110 Å². The van der Waals surface area contributed by atoms with E-state index in [1.165, 1.54) is 0 Å². The molecule has 0 bridgehead atoms. The molecule has 2 aromatic heterocycles. The highest BCUT2D eigenvalue weighted by atomic mass is 16.5. The zero-order valence-corrected chi connectivity index (χ0v) is 10.8. The van der Waals surface area contributed by atoms with Crippen LogP contribution < -0.4 is 5.32 Å². The Morgan fingerprint density at radius 3 is 2.74 bits per heavy atom. The van der Waals surface area contributed by atoms with Crippen molar-refractivity contribution < 1.29 is 14.7 Å². The first kappa shape index (κ1) is 13.4. The molecular formula is C12H16N4O3. The molecule has 102 valence electrons. The summed E-state index contributed by atoms with van der Waals surface area (Å²) in [4.78, 5) is 8.06. The summed E-state index contributed by atoms with van der Waals surface area (Å²) in [7, 11) is 0. The summed E-state index contributed by atoms with van der Waals surface area (Å²) in [6, 6.07) is 0. The summed E-state index contributed by atoms with van der Waals surface area (Å²) < 4.78 is 4.96. The molecule has 2 aromatic rings. The molecule has 3 N–H and O–H groups in total. The minimum absolute atomic E-state index is 0.0979. The third-order valence-electron chi connectivity index (χ3n) is 2.75. The van der Waals surface area contributed by atoms with Gasteiger partial charge in [-0.05, 0) is 13.8 Å². The van der Waals surface area contributed by atoms with Gasteiger partial charge < -0.3 is 20.1 Å². The lowest BCUT2D eigenvalue weighted by atomic mass is 10.1. The maximum absolute atomic E-state index is 9.95. The van der Waals surface area contributed by atoms with Crippen LogP contribution >= 0.6 is 0 Å². The van der Waals surface area contributed by atoms with E-state index in [9.17, 15) is 10.2 Å². The lowest BCUT2D eigenvalue weighted by Gasteiger charge is -2.11. The summed E-state index contributed by atoms with van der Waals surface area (Å²) in [6.07, 6.45) is 1.56. The molecule has 19 heavy (non-hydrogen) atoms. The van der Waals surface area contributed by atoms with Crippen molar-refractivity contribution in [3.05, 3.63) is 34.7 Å². The van der Waals surface area contributed by atoms with Crippen LogP contribution in [0, 0.1) is 13.8 Å². The predicted octanol–water partition coefficient (Wildman–Crippen LogP) is 0.569. The number of aliphatic hydroxyl groups excluding tert-OH is 1. The van der Waals surface area contributed by atoms with Crippen LogP contribution in [0.3, 0.4) is 0 Å². The maximum Gasteiger partial charge on any atom is 0.240 e. The Balaban J connectivity index is 2.04. The maximum atomic E-state index is 9.95. The number of nitrogens with zero attached hydrogens (tertiary/aromatic N) is 3. The first-order valence-electron chi connectivity index (χ1n) is 5.89. The van der Waals surface area contributed by atoms with Crippen molar-refractivity contribution in [2.24, 2.45) is 0 Å². The van der Waals surface area contributed by atoms with Crippen LogP contribution in [0.4, 0.5) is 0 Å². The van der Waals surface area contributed by atoms with Crippen LogP contribution in [0.2, 0.25) is 0 Å². The van der Waals surface area contributed by atoms with Gasteiger partial charge in [0.05, 0.1) is 18.8 Å². The normalized spacial score (nSPS) is 10.9. The van der Waals surface area contributed by atoms with E-state index < -0.39 is 0 Å². The second kappa shape index (κ2) is 5.77. The number of hydrogen-bond donors (Lipinski definition) is 3. The minimum atomic E-state index is -0.169. The van der Waals surface area contributed by atoms with Crippen molar-refractivity contribution in [1.29, 1.82) is 0 Å². The fourth-order valence-corrected chi connectivity index (χ4v) is 1.72. The van der Waals surface area contributed by atoms with Crippen LogP contribution in [0.25, 0.3) is 0 Å². The Hall–Kier alpha value is -1.99. The van der Waals surface area contributed by atoms with Gasteiger partial charge in [-0.2, -0.15) is 4.98 Å². The lowest BCUT2D eigenvalue weighted by molar-refractivity contribution is 0.278. The summed E-state index contributed by atoms with van der Waals surface area (Å²) >= 11 is 0. The lowest BCUT2D eigenvalue weighted by Crippen LogP contribution is -2.15. The van der Waals surface area contributed by atoms with Crippen molar-refractivity contribution in [3.8, 4) is 5.75 Å². The van der Waals surface area contributed by atoms with Gasteiger partial charge in [0, 0.05) is 23.9 Å². The molecule has 0 aliphatic rings. The fourth-order valence-electron chi connectivity index (χ4n) is 1.72. The van der Waals surface area contributed by atoms with Crippen molar-refractivity contribution in [2.45, 2.75) is 33.5 Å². The Kier molecular flexibility index (Phi) is 4.08. The van der Waals surface area contributed by atoms with Crippen molar-refractivity contribution >= 4 is 0 Å². The molecule has 0 fully saturated rings. The number of aromatic hydroxyl groups is 1. The monoisotopic (exact) mass is 264 g/mol. The van der Waals surface area contributed by atoms with Crippen molar-refractivity contribution in [1.82, 2.24) is 20.4 Å². The van der Waals surface area contributed by atoms with Crippen LogP contribution in [-0.2, 0) is 19.7 Å². The van der Waals surface area contributed by atoms with E-state index in [4.69, 9.17) is 4.52 Å². The molecule has 7 heteroatoms. The molecule has 0 spiro atoms. The van der Waals surface area contributed by atoms with Gasteiger partial charge in [-0.15, -0.1) is 0 Å².